The number of methoxy groups -OCH3 is 2. The molecule has 3 rings (SSSR count). The van der Waals surface area contributed by atoms with E-state index < -0.39 is 0 Å². The lowest BCUT2D eigenvalue weighted by Crippen LogP contribution is -2.39. The van der Waals surface area contributed by atoms with E-state index in [-0.39, 0.29) is 6.10 Å². The summed E-state index contributed by atoms with van der Waals surface area (Å²) in [4.78, 5) is 10.8. The monoisotopic (exact) mass is 291 g/mol. The molecule has 0 saturated carbocycles. The number of hydrogen-bond acceptors (Lipinski definition) is 7. The summed E-state index contributed by atoms with van der Waals surface area (Å²) in [6, 6.07) is 5.40. The number of nitrogens with zero attached hydrogens (tertiary/aromatic N) is 3. The van der Waals surface area contributed by atoms with Crippen molar-refractivity contribution in [2.45, 2.75) is 6.10 Å². The lowest BCUT2D eigenvalue weighted by molar-refractivity contribution is 0.0251. The zero-order valence-electron chi connectivity index (χ0n) is 12.0. The summed E-state index contributed by atoms with van der Waals surface area (Å²) in [5.74, 6) is 2.30. The normalized spacial score (nSPS) is 18.6. The van der Waals surface area contributed by atoms with Crippen LogP contribution in [0.25, 0.3) is 0 Å². The van der Waals surface area contributed by atoms with Crippen LogP contribution in [-0.2, 0) is 4.74 Å². The van der Waals surface area contributed by atoms with Gasteiger partial charge in [0.05, 0.1) is 39.7 Å². The van der Waals surface area contributed by atoms with Gasteiger partial charge < -0.3 is 23.5 Å². The molecule has 1 aliphatic rings. The minimum atomic E-state index is -0.130. The summed E-state index contributed by atoms with van der Waals surface area (Å²) in [6.07, 6.45) is 1.51. The maximum atomic E-state index is 5.73. The standard InChI is InChI=1S/C14H17N3O4/c1-18-12-8-13(19-2)16-14(15-12)17-5-7-21-11(9-17)10-4-3-6-20-10/h3-4,6,8,11H,5,7,9H2,1-2H3. The molecule has 112 valence electrons. The van der Waals surface area contributed by atoms with Crippen molar-refractivity contribution in [2.75, 3.05) is 38.8 Å². The van der Waals surface area contributed by atoms with Crippen molar-refractivity contribution < 1.29 is 18.6 Å². The van der Waals surface area contributed by atoms with Crippen molar-refractivity contribution in [1.82, 2.24) is 9.97 Å². The summed E-state index contributed by atoms with van der Waals surface area (Å²) in [5, 5.41) is 0. The summed E-state index contributed by atoms with van der Waals surface area (Å²) in [7, 11) is 3.13. The summed E-state index contributed by atoms with van der Waals surface area (Å²) < 4.78 is 21.5. The van der Waals surface area contributed by atoms with Gasteiger partial charge in [-0.15, -0.1) is 0 Å². The summed E-state index contributed by atoms with van der Waals surface area (Å²) >= 11 is 0. The number of anilines is 1. The Morgan fingerprint density at radius 1 is 1.24 bits per heavy atom. The third kappa shape index (κ3) is 2.92. The Hall–Kier alpha value is -2.28. The highest BCUT2D eigenvalue weighted by atomic mass is 16.5. The van der Waals surface area contributed by atoms with Crippen LogP contribution in [-0.4, -0.2) is 43.9 Å². The zero-order chi connectivity index (χ0) is 14.7. The number of rotatable bonds is 4. The van der Waals surface area contributed by atoms with E-state index in [9.17, 15) is 0 Å². The van der Waals surface area contributed by atoms with Gasteiger partial charge in [0, 0.05) is 6.54 Å². The van der Waals surface area contributed by atoms with Gasteiger partial charge in [-0.2, -0.15) is 9.97 Å². The highest BCUT2D eigenvalue weighted by Gasteiger charge is 2.26. The van der Waals surface area contributed by atoms with Gasteiger partial charge in [0.2, 0.25) is 17.7 Å². The lowest BCUT2D eigenvalue weighted by Gasteiger charge is -2.32. The summed E-state index contributed by atoms with van der Waals surface area (Å²) in [5.41, 5.74) is 0. The number of hydrogen-bond donors (Lipinski definition) is 0. The molecule has 2 aromatic rings. The SMILES string of the molecule is COc1cc(OC)nc(N2CCOC(c3ccco3)C2)n1. The zero-order valence-corrected chi connectivity index (χ0v) is 12.0. The van der Waals surface area contributed by atoms with Crippen molar-refractivity contribution in [3.63, 3.8) is 0 Å². The fourth-order valence-corrected chi connectivity index (χ4v) is 2.22. The first kappa shape index (κ1) is 13.7. The van der Waals surface area contributed by atoms with Crippen molar-refractivity contribution in [1.29, 1.82) is 0 Å². The molecule has 0 amide bonds. The van der Waals surface area contributed by atoms with Crippen LogP contribution in [0.3, 0.4) is 0 Å². The highest BCUT2D eigenvalue weighted by Crippen LogP contribution is 2.27. The highest BCUT2D eigenvalue weighted by molar-refractivity contribution is 5.37. The molecule has 1 fully saturated rings. The molecule has 0 N–H and O–H groups in total. The number of furan rings is 1. The van der Waals surface area contributed by atoms with Crippen LogP contribution >= 0.6 is 0 Å². The minimum Gasteiger partial charge on any atom is -0.481 e. The maximum Gasteiger partial charge on any atom is 0.232 e. The van der Waals surface area contributed by atoms with Crippen LogP contribution in [0.15, 0.2) is 28.9 Å². The van der Waals surface area contributed by atoms with Gasteiger partial charge in [-0.25, -0.2) is 0 Å². The molecule has 0 aliphatic carbocycles. The molecule has 3 heterocycles. The van der Waals surface area contributed by atoms with Crippen molar-refractivity contribution in [3.05, 3.63) is 30.2 Å². The molecule has 0 bridgehead atoms. The van der Waals surface area contributed by atoms with E-state index in [1.165, 1.54) is 0 Å². The van der Waals surface area contributed by atoms with Crippen LogP contribution in [0, 0.1) is 0 Å². The second kappa shape index (κ2) is 6.01. The van der Waals surface area contributed by atoms with Crippen LogP contribution in [0.4, 0.5) is 5.95 Å². The average molecular weight is 291 g/mol. The maximum absolute atomic E-state index is 5.73. The Bertz CT molecular complexity index is 566. The molecule has 1 saturated heterocycles. The molecule has 0 spiro atoms. The molecule has 7 heteroatoms. The molecule has 1 unspecified atom stereocenters. The van der Waals surface area contributed by atoms with Gasteiger partial charge in [0.15, 0.2) is 0 Å². The fraction of sp³-hybridized carbons (Fsp3) is 0.429. The van der Waals surface area contributed by atoms with Gasteiger partial charge in [0.25, 0.3) is 0 Å². The van der Waals surface area contributed by atoms with Gasteiger partial charge in [-0.05, 0) is 12.1 Å². The smallest absolute Gasteiger partial charge is 0.232 e. The van der Waals surface area contributed by atoms with Crippen molar-refractivity contribution in [2.24, 2.45) is 0 Å². The Morgan fingerprint density at radius 3 is 2.62 bits per heavy atom. The lowest BCUT2D eigenvalue weighted by atomic mass is 10.2. The van der Waals surface area contributed by atoms with Gasteiger partial charge in [-0.3, -0.25) is 0 Å². The molecule has 0 radical (unpaired) electrons. The summed E-state index contributed by atoms with van der Waals surface area (Å²) in [6.45, 7) is 1.89. The Labute approximate surface area is 122 Å². The second-order valence-corrected chi connectivity index (χ2v) is 4.57. The Morgan fingerprint density at radius 2 is 2.00 bits per heavy atom. The molecule has 21 heavy (non-hydrogen) atoms. The molecular weight excluding hydrogens is 274 g/mol. The molecule has 0 aromatic carbocycles. The van der Waals surface area contributed by atoms with E-state index in [4.69, 9.17) is 18.6 Å². The van der Waals surface area contributed by atoms with E-state index in [0.29, 0.717) is 37.4 Å². The minimum absolute atomic E-state index is 0.130. The molecule has 1 atom stereocenters. The van der Waals surface area contributed by atoms with Crippen molar-refractivity contribution >= 4 is 5.95 Å². The Balaban J connectivity index is 1.82. The molecule has 1 aliphatic heterocycles. The number of ether oxygens (including phenoxy) is 3. The predicted octanol–water partition coefficient (Wildman–Crippen LogP) is 1.66. The van der Waals surface area contributed by atoms with E-state index in [2.05, 4.69) is 9.97 Å². The molecule has 2 aromatic heterocycles. The van der Waals surface area contributed by atoms with E-state index in [1.807, 2.05) is 17.0 Å². The largest absolute Gasteiger partial charge is 0.481 e. The van der Waals surface area contributed by atoms with Gasteiger partial charge in [0.1, 0.15) is 11.9 Å². The number of aromatic nitrogens is 2. The van der Waals surface area contributed by atoms with Crippen LogP contribution in [0.2, 0.25) is 0 Å². The van der Waals surface area contributed by atoms with Crippen LogP contribution < -0.4 is 14.4 Å². The Kier molecular flexibility index (Phi) is 3.92. The first-order valence-electron chi connectivity index (χ1n) is 6.67. The van der Waals surface area contributed by atoms with Crippen molar-refractivity contribution in [3.8, 4) is 11.8 Å². The topological polar surface area (TPSA) is 69.9 Å². The number of morpholine rings is 1. The van der Waals surface area contributed by atoms with E-state index >= 15 is 0 Å². The first-order chi connectivity index (χ1) is 10.3. The third-order valence-corrected chi connectivity index (χ3v) is 3.30. The predicted molar refractivity (Wildman–Crippen MR) is 74.8 cm³/mol. The first-order valence-corrected chi connectivity index (χ1v) is 6.67. The average Bonchev–Trinajstić information content (AvgIpc) is 3.09. The molecular formula is C14H17N3O4. The fourth-order valence-electron chi connectivity index (χ4n) is 2.22. The molecule has 7 nitrogen and oxygen atoms in total. The van der Waals surface area contributed by atoms with E-state index in [1.54, 1.807) is 26.5 Å². The third-order valence-electron chi connectivity index (χ3n) is 3.30. The quantitative estimate of drug-likeness (QED) is 0.848. The van der Waals surface area contributed by atoms with Crippen LogP contribution in [0.5, 0.6) is 11.8 Å². The van der Waals surface area contributed by atoms with E-state index in [0.717, 1.165) is 5.76 Å². The van der Waals surface area contributed by atoms with Gasteiger partial charge in [-0.1, -0.05) is 0 Å². The second-order valence-electron chi connectivity index (χ2n) is 4.57. The van der Waals surface area contributed by atoms with Gasteiger partial charge >= 0.3 is 0 Å². The van der Waals surface area contributed by atoms with Crippen LogP contribution in [0.1, 0.15) is 11.9 Å².